The second-order valence-electron chi connectivity index (χ2n) is 7.17. The fraction of sp³-hybridized carbons (Fsp3) is 0.381. The summed E-state index contributed by atoms with van der Waals surface area (Å²) in [5.41, 5.74) is 1.43. The number of hydrogen-bond donors (Lipinski definition) is 1. The molecule has 0 aromatic heterocycles. The molecule has 0 radical (unpaired) electrons. The minimum absolute atomic E-state index is 0.0587. The van der Waals surface area contributed by atoms with Crippen LogP contribution in [0.2, 0.25) is 5.02 Å². The molecule has 1 aliphatic carbocycles. The van der Waals surface area contributed by atoms with Crippen LogP contribution in [0.5, 0.6) is 0 Å². The first kappa shape index (κ1) is 21.8. The van der Waals surface area contributed by atoms with Gasteiger partial charge in [-0.15, -0.1) is 0 Å². The SMILES string of the molecule is CON(C)S(=O)(=O)c1ccc(C(=O)NC(c2ccc(Cl)cc2)C2CCCC2)cc1. The van der Waals surface area contributed by atoms with Crippen LogP contribution in [0.1, 0.15) is 47.6 Å². The van der Waals surface area contributed by atoms with Crippen molar-refractivity contribution in [1.29, 1.82) is 0 Å². The molecule has 1 N–H and O–H groups in total. The first-order chi connectivity index (χ1) is 13.8. The van der Waals surface area contributed by atoms with Gasteiger partial charge in [0, 0.05) is 17.6 Å². The van der Waals surface area contributed by atoms with E-state index in [0.717, 1.165) is 35.7 Å². The molecule has 0 spiro atoms. The summed E-state index contributed by atoms with van der Waals surface area (Å²) in [4.78, 5) is 17.7. The van der Waals surface area contributed by atoms with Gasteiger partial charge < -0.3 is 5.32 Å². The van der Waals surface area contributed by atoms with Crippen LogP contribution >= 0.6 is 11.6 Å². The van der Waals surface area contributed by atoms with Crippen LogP contribution in [0, 0.1) is 5.92 Å². The van der Waals surface area contributed by atoms with E-state index in [-0.39, 0.29) is 16.8 Å². The zero-order valence-corrected chi connectivity index (χ0v) is 18.0. The molecule has 2 aromatic rings. The molecule has 8 heteroatoms. The molecule has 6 nitrogen and oxygen atoms in total. The molecule has 1 aliphatic rings. The average Bonchev–Trinajstić information content (AvgIpc) is 3.26. The Bertz CT molecular complexity index is 940. The summed E-state index contributed by atoms with van der Waals surface area (Å²) in [6.07, 6.45) is 4.44. The van der Waals surface area contributed by atoms with Crippen molar-refractivity contribution in [3.05, 3.63) is 64.7 Å². The van der Waals surface area contributed by atoms with E-state index in [1.165, 1.54) is 38.4 Å². The summed E-state index contributed by atoms with van der Waals surface area (Å²) in [5.74, 6) is 0.135. The molecule has 29 heavy (non-hydrogen) atoms. The third-order valence-electron chi connectivity index (χ3n) is 5.40. The fourth-order valence-corrected chi connectivity index (χ4v) is 4.78. The highest BCUT2D eigenvalue weighted by atomic mass is 35.5. The number of carbonyl (C=O) groups excluding carboxylic acids is 1. The Balaban J connectivity index is 1.80. The second-order valence-corrected chi connectivity index (χ2v) is 9.54. The molecule has 1 amide bonds. The Morgan fingerprint density at radius 1 is 1.10 bits per heavy atom. The van der Waals surface area contributed by atoms with Crippen molar-refractivity contribution in [2.75, 3.05) is 14.2 Å². The van der Waals surface area contributed by atoms with Crippen molar-refractivity contribution in [2.45, 2.75) is 36.6 Å². The van der Waals surface area contributed by atoms with Crippen LogP contribution in [0.15, 0.2) is 53.4 Å². The minimum atomic E-state index is -3.75. The lowest BCUT2D eigenvalue weighted by molar-refractivity contribution is -0.0258. The van der Waals surface area contributed by atoms with Crippen LogP contribution < -0.4 is 5.32 Å². The maximum Gasteiger partial charge on any atom is 0.264 e. The molecule has 0 aliphatic heterocycles. The molecular weight excluding hydrogens is 412 g/mol. The van der Waals surface area contributed by atoms with Gasteiger partial charge in [0.15, 0.2) is 0 Å². The molecule has 1 fully saturated rings. The fourth-order valence-electron chi connectivity index (χ4n) is 3.68. The zero-order chi connectivity index (χ0) is 21.0. The smallest absolute Gasteiger partial charge is 0.264 e. The van der Waals surface area contributed by atoms with E-state index in [4.69, 9.17) is 16.4 Å². The number of sulfonamides is 1. The first-order valence-electron chi connectivity index (χ1n) is 9.52. The van der Waals surface area contributed by atoms with Gasteiger partial charge in [-0.3, -0.25) is 9.63 Å². The summed E-state index contributed by atoms with van der Waals surface area (Å²) in [5, 5.41) is 3.79. The molecule has 156 valence electrons. The third kappa shape index (κ3) is 4.98. The van der Waals surface area contributed by atoms with Crippen molar-refractivity contribution in [1.82, 2.24) is 9.79 Å². The van der Waals surface area contributed by atoms with Gasteiger partial charge in [0.05, 0.1) is 18.0 Å². The summed E-state index contributed by atoms with van der Waals surface area (Å²) >= 11 is 6.01. The number of carbonyl (C=O) groups is 1. The number of halogens is 1. The highest BCUT2D eigenvalue weighted by molar-refractivity contribution is 7.89. The quantitative estimate of drug-likeness (QED) is 0.660. The van der Waals surface area contributed by atoms with Crippen molar-refractivity contribution in [3.63, 3.8) is 0 Å². The van der Waals surface area contributed by atoms with Crippen LogP contribution in [0.25, 0.3) is 0 Å². The molecule has 0 bridgehead atoms. The van der Waals surface area contributed by atoms with Gasteiger partial charge in [-0.25, -0.2) is 8.42 Å². The van der Waals surface area contributed by atoms with Crippen molar-refractivity contribution in [2.24, 2.45) is 5.92 Å². The average molecular weight is 437 g/mol. The van der Waals surface area contributed by atoms with Gasteiger partial charge in [0.25, 0.3) is 15.9 Å². The lowest BCUT2D eigenvalue weighted by Gasteiger charge is -2.25. The first-order valence-corrected chi connectivity index (χ1v) is 11.3. The monoisotopic (exact) mass is 436 g/mol. The van der Waals surface area contributed by atoms with Crippen molar-refractivity contribution < 1.29 is 18.0 Å². The predicted octanol–water partition coefficient (Wildman–Crippen LogP) is 4.18. The van der Waals surface area contributed by atoms with E-state index in [2.05, 4.69) is 5.32 Å². The third-order valence-corrected chi connectivity index (χ3v) is 7.34. The largest absolute Gasteiger partial charge is 0.345 e. The number of nitrogens with one attached hydrogen (secondary N) is 1. The highest BCUT2D eigenvalue weighted by Crippen LogP contribution is 2.36. The van der Waals surface area contributed by atoms with E-state index in [1.54, 1.807) is 0 Å². The molecule has 1 unspecified atom stereocenters. The zero-order valence-electron chi connectivity index (χ0n) is 16.5. The van der Waals surface area contributed by atoms with Gasteiger partial charge >= 0.3 is 0 Å². The number of hydroxylamine groups is 1. The van der Waals surface area contributed by atoms with Crippen LogP contribution in [0.3, 0.4) is 0 Å². The maximum absolute atomic E-state index is 12.9. The summed E-state index contributed by atoms with van der Waals surface area (Å²) in [7, 11) is -1.16. The Kier molecular flexibility index (Phi) is 6.95. The highest BCUT2D eigenvalue weighted by Gasteiger charge is 2.28. The number of amides is 1. The Morgan fingerprint density at radius 2 is 1.69 bits per heavy atom. The van der Waals surface area contributed by atoms with E-state index >= 15 is 0 Å². The van der Waals surface area contributed by atoms with E-state index in [1.807, 2.05) is 24.3 Å². The van der Waals surface area contributed by atoms with Crippen molar-refractivity contribution in [3.8, 4) is 0 Å². The van der Waals surface area contributed by atoms with E-state index in [9.17, 15) is 13.2 Å². The van der Waals surface area contributed by atoms with E-state index < -0.39 is 10.0 Å². The molecular formula is C21H25ClN2O4S. The number of hydrogen-bond acceptors (Lipinski definition) is 4. The Morgan fingerprint density at radius 3 is 2.24 bits per heavy atom. The standard InChI is InChI=1S/C21H25ClN2O4S/c1-24(28-2)29(26,27)19-13-9-17(10-14-19)21(25)23-20(15-5-3-4-6-15)16-7-11-18(22)12-8-16/h7-15,20H,3-6H2,1-2H3,(H,23,25). The molecule has 3 rings (SSSR count). The predicted molar refractivity (Wildman–Crippen MR) is 112 cm³/mol. The van der Waals surface area contributed by atoms with Gasteiger partial charge in [-0.05, 0) is 60.7 Å². The number of benzene rings is 2. The summed E-state index contributed by atoms with van der Waals surface area (Å²) < 4.78 is 25.4. The Hall–Kier alpha value is -1.93. The van der Waals surface area contributed by atoms with Gasteiger partial charge in [-0.1, -0.05) is 41.0 Å². The summed E-state index contributed by atoms with van der Waals surface area (Å²) in [6.45, 7) is 0. The molecule has 0 saturated heterocycles. The molecule has 2 aromatic carbocycles. The van der Waals surface area contributed by atoms with Crippen LogP contribution in [0.4, 0.5) is 0 Å². The molecule has 0 heterocycles. The topological polar surface area (TPSA) is 75.7 Å². The minimum Gasteiger partial charge on any atom is -0.345 e. The van der Waals surface area contributed by atoms with Gasteiger partial charge in [0.1, 0.15) is 0 Å². The number of nitrogens with zero attached hydrogens (tertiary/aromatic N) is 1. The van der Waals surface area contributed by atoms with Crippen LogP contribution in [-0.2, 0) is 14.9 Å². The van der Waals surface area contributed by atoms with Crippen molar-refractivity contribution >= 4 is 27.5 Å². The lowest BCUT2D eigenvalue weighted by Crippen LogP contribution is -2.32. The summed E-state index contributed by atoms with van der Waals surface area (Å²) in [6, 6.07) is 13.3. The normalized spacial score (nSPS) is 16.1. The molecule has 1 atom stereocenters. The number of rotatable bonds is 7. The second kappa shape index (κ2) is 9.26. The maximum atomic E-state index is 12.9. The van der Waals surface area contributed by atoms with Crippen LogP contribution in [-0.4, -0.2) is 33.0 Å². The van der Waals surface area contributed by atoms with E-state index in [0.29, 0.717) is 16.5 Å². The van der Waals surface area contributed by atoms with Gasteiger partial charge in [0.2, 0.25) is 0 Å². The lowest BCUT2D eigenvalue weighted by atomic mass is 9.91. The van der Waals surface area contributed by atoms with Gasteiger partial charge in [-0.2, -0.15) is 0 Å². The molecule has 1 saturated carbocycles. The Labute approximate surface area is 176 Å².